The van der Waals surface area contributed by atoms with Crippen LogP contribution in [0.3, 0.4) is 0 Å². The Morgan fingerprint density at radius 1 is 0.938 bits per heavy atom. The number of aromatic nitrogens is 2. The maximum Gasteiger partial charge on any atom is 0.262 e. The average molecular weight is 668 g/mol. The summed E-state index contributed by atoms with van der Waals surface area (Å²) in [6.45, 7) is 11.3. The van der Waals surface area contributed by atoms with E-state index in [0.717, 1.165) is 65.3 Å². The number of rotatable bonds is 10. The van der Waals surface area contributed by atoms with Crippen LogP contribution in [0, 0.1) is 23.7 Å². The van der Waals surface area contributed by atoms with Crippen molar-refractivity contribution in [1.82, 2.24) is 25.9 Å². The second-order valence-electron chi connectivity index (χ2n) is 15.5. The van der Waals surface area contributed by atoms with E-state index in [1.807, 2.05) is 48.8 Å². The van der Waals surface area contributed by atoms with Crippen LogP contribution in [0.5, 0.6) is 0 Å². The number of allylic oxidation sites excluding steroid dienone is 2. The number of amides is 2. The van der Waals surface area contributed by atoms with Gasteiger partial charge in [-0.05, 0) is 104 Å². The maximum absolute atomic E-state index is 13.4. The molecule has 0 radical (unpaired) electrons. The SMILES string of the molecule is CC(C)(C)c1ccc(C(=O)N[C@@H](Cc2ccc(-c3ncc(C4=CCC([C@H]5CC[C@H](C)CC5)CC4)cn3)cc2)C(=O)NCC2CCNC2)s1. The molecule has 2 amide bonds. The topological polar surface area (TPSA) is 96.0 Å². The summed E-state index contributed by atoms with van der Waals surface area (Å²) in [5.41, 5.74) is 4.37. The minimum absolute atomic E-state index is 0.0366. The molecule has 48 heavy (non-hydrogen) atoms. The first-order valence-corrected chi connectivity index (χ1v) is 18.9. The third-order valence-electron chi connectivity index (χ3n) is 10.8. The van der Waals surface area contributed by atoms with Crippen molar-refractivity contribution in [3.8, 4) is 11.4 Å². The molecule has 2 aromatic heterocycles. The minimum atomic E-state index is -0.682. The van der Waals surface area contributed by atoms with Crippen LogP contribution in [0.4, 0.5) is 0 Å². The van der Waals surface area contributed by atoms with E-state index >= 15 is 0 Å². The highest BCUT2D eigenvalue weighted by Crippen LogP contribution is 2.41. The highest BCUT2D eigenvalue weighted by molar-refractivity contribution is 7.14. The summed E-state index contributed by atoms with van der Waals surface area (Å²) in [6, 6.07) is 11.2. The smallest absolute Gasteiger partial charge is 0.262 e. The standard InChI is InChI=1S/C40H53N5O2S/c1-26-5-9-29(10-6-26)30-13-15-31(16-14-30)33-24-42-37(43-25-33)32-11-7-27(8-12-32)21-34(38(46)44-23-28-19-20-41-22-28)45-39(47)35-17-18-36(48-35)40(2,3)4/h7-8,11-12,15,17-18,24-26,28-30,34,41H,5-6,9-10,13-14,16,19-23H2,1-4H3,(H,44,46)(H,45,47)/t26-,28?,29-,30?,34-/m0/s1. The third kappa shape index (κ3) is 8.80. The highest BCUT2D eigenvalue weighted by atomic mass is 32.1. The molecule has 3 heterocycles. The Balaban J connectivity index is 1.08. The predicted octanol–water partition coefficient (Wildman–Crippen LogP) is 7.58. The lowest BCUT2D eigenvalue weighted by atomic mass is 9.71. The van der Waals surface area contributed by atoms with Crippen molar-refractivity contribution in [3.05, 3.63) is 75.7 Å². The van der Waals surface area contributed by atoms with Gasteiger partial charge in [0.25, 0.3) is 5.91 Å². The summed E-state index contributed by atoms with van der Waals surface area (Å²) < 4.78 is 0. The Bertz CT molecular complexity index is 1560. The van der Waals surface area contributed by atoms with E-state index in [4.69, 9.17) is 9.97 Å². The van der Waals surface area contributed by atoms with E-state index in [-0.39, 0.29) is 17.2 Å². The van der Waals surface area contributed by atoms with Gasteiger partial charge >= 0.3 is 0 Å². The van der Waals surface area contributed by atoms with Crippen LogP contribution in [-0.2, 0) is 16.6 Å². The van der Waals surface area contributed by atoms with Crippen molar-refractivity contribution in [2.45, 2.75) is 96.9 Å². The highest BCUT2D eigenvalue weighted by Gasteiger charge is 2.28. The van der Waals surface area contributed by atoms with Crippen molar-refractivity contribution >= 4 is 28.7 Å². The molecule has 0 spiro atoms. The number of thiophene rings is 1. The Kier molecular flexibility index (Phi) is 11.1. The normalized spacial score (nSPS) is 23.7. The second-order valence-corrected chi connectivity index (χ2v) is 16.6. The van der Waals surface area contributed by atoms with Gasteiger partial charge in [-0.15, -0.1) is 11.3 Å². The molecule has 3 atom stereocenters. The van der Waals surface area contributed by atoms with Gasteiger partial charge in [-0.1, -0.05) is 70.9 Å². The Morgan fingerprint density at radius 2 is 1.69 bits per heavy atom. The molecule has 2 aliphatic carbocycles. The van der Waals surface area contributed by atoms with Crippen LogP contribution in [0.15, 0.2) is 54.9 Å². The van der Waals surface area contributed by atoms with E-state index in [1.54, 1.807) is 0 Å². The van der Waals surface area contributed by atoms with Crippen molar-refractivity contribution in [3.63, 3.8) is 0 Å². The zero-order chi connectivity index (χ0) is 33.7. The lowest BCUT2D eigenvalue weighted by molar-refractivity contribution is -0.123. The number of nitrogens with zero attached hydrogens (tertiary/aromatic N) is 2. The van der Waals surface area contributed by atoms with Gasteiger partial charge < -0.3 is 16.0 Å². The first kappa shape index (κ1) is 34.5. The number of hydrogen-bond acceptors (Lipinski definition) is 6. The first-order chi connectivity index (χ1) is 23.1. The molecule has 1 saturated heterocycles. The maximum atomic E-state index is 13.4. The minimum Gasteiger partial charge on any atom is -0.354 e. The van der Waals surface area contributed by atoms with E-state index in [9.17, 15) is 9.59 Å². The van der Waals surface area contributed by atoms with Crippen LogP contribution in [-0.4, -0.2) is 47.5 Å². The summed E-state index contributed by atoms with van der Waals surface area (Å²) >= 11 is 1.49. The second kappa shape index (κ2) is 15.5. The molecule has 1 aromatic carbocycles. The zero-order valence-electron chi connectivity index (χ0n) is 29.2. The first-order valence-electron chi connectivity index (χ1n) is 18.1. The van der Waals surface area contributed by atoms with Crippen LogP contribution in [0.2, 0.25) is 0 Å². The van der Waals surface area contributed by atoms with E-state index < -0.39 is 6.04 Å². The van der Waals surface area contributed by atoms with Gasteiger partial charge in [-0.3, -0.25) is 9.59 Å². The fourth-order valence-electron chi connectivity index (χ4n) is 7.53. The Hall–Kier alpha value is -3.36. The van der Waals surface area contributed by atoms with Gasteiger partial charge in [-0.25, -0.2) is 9.97 Å². The molecule has 2 unspecified atom stereocenters. The number of hydrogen-bond donors (Lipinski definition) is 3. The predicted molar refractivity (Wildman–Crippen MR) is 196 cm³/mol. The van der Waals surface area contributed by atoms with Crippen molar-refractivity contribution in [1.29, 1.82) is 0 Å². The monoisotopic (exact) mass is 667 g/mol. The van der Waals surface area contributed by atoms with Crippen molar-refractivity contribution in [2.75, 3.05) is 19.6 Å². The van der Waals surface area contributed by atoms with E-state index in [0.29, 0.717) is 29.6 Å². The Labute approximate surface area is 290 Å². The molecular formula is C40H53N5O2S. The number of carbonyl (C=O) groups is 2. The lowest BCUT2D eigenvalue weighted by Crippen LogP contribution is -2.49. The van der Waals surface area contributed by atoms with Gasteiger partial charge in [0.2, 0.25) is 5.91 Å². The molecule has 7 nitrogen and oxygen atoms in total. The zero-order valence-corrected chi connectivity index (χ0v) is 30.0. The van der Waals surface area contributed by atoms with Gasteiger partial charge in [0.15, 0.2) is 5.82 Å². The number of benzene rings is 1. The molecule has 3 N–H and O–H groups in total. The Morgan fingerprint density at radius 3 is 2.31 bits per heavy atom. The molecule has 6 rings (SSSR count). The van der Waals surface area contributed by atoms with Crippen LogP contribution in [0.1, 0.15) is 105 Å². The summed E-state index contributed by atoms with van der Waals surface area (Å²) in [4.78, 5) is 38.0. The molecule has 2 fully saturated rings. The van der Waals surface area contributed by atoms with E-state index in [2.05, 4.69) is 49.7 Å². The molecule has 8 heteroatoms. The van der Waals surface area contributed by atoms with Gasteiger partial charge in [0, 0.05) is 41.4 Å². The molecule has 1 aliphatic heterocycles. The third-order valence-corrected chi connectivity index (χ3v) is 12.3. The lowest BCUT2D eigenvalue weighted by Gasteiger charge is -2.34. The van der Waals surface area contributed by atoms with Crippen LogP contribution in [0.25, 0.3) is 17.0 Å². The molecule has 256 valence electrons. The fraction of sp³-hybridized carbons (Fsp3) is 0.550. The van der Waals surface area contributed by atoms with Crippen molar-refractivity contribution in [2.24, 2.45) is 23.7 Å². The van der Waals surface area contributed by atoms with Crippen molar-refractivity contribution < 1.29 is 9.59 Å². The van der Waals surface area contributed by atoms with E-state index in [1.165, 1.54) is 55.4 Å². The van der Waals surface area contributed by atoms with Gasteiger partial charge in [0.05, 0.1) is 4.88 Å². The molecular weight excluding hydrogens is 615 g/mol. The molecule has 0 bridgehead atoms. The van der Waals surface area contributed by atoms with Gasteiger partial charge in [-0.2, -0.15) is 0 Å². The summed E-state index contributed by atoms with van der Waals surface area (Å²) in [5, 5.41) is 9.50. The quantitative estimate of drug-likeness (QED) is 0.207. The molecule has 1 saturated carbocycles. The number of nitrogens with one attached hydrogen (secondary N) is 3. The summed E-state index contributed by atoms with van der Waals surface area (Å²) in [6.07, 6.45) is 17.0. The number of carbonyl (C=O) groups excluding carboxylic acids is 2. The fourth-order valence-corrected chi connectivity index (χ4v) is 8.50. The largest absolute Gasteiger partial charge is 0.354 e. The summed E-state index contributed by atoms with van der Waals surface area (Å²) in [7, 11) is 0. The van der Waals surface area contributed by atoms with Crippen LogP contribution >= 0.6 is 11.3 Å². The molecule has 3 aliphatic rings. The van der Waals surface area contributed by atoms with Crippen LogP contribution < -0.4 is 16.0 Å². The van der Waals surface area contributed by atoms with Gasteiger partial charge in [0.1, 0.15) is 6.04 Å². The molecule has 3 aromatic rings. The average Bonchev–Trinajstić information content (AvgIpc) is 3.81. The summed E-state index contributed by atoms with van der Waals surface area (Å²) in [5.74, 6) is 3.38.